The van der Waals surface area contributed by atoms with Crippen LogP contribution in [0.5, 0.6) is 5.75 Å². The second-order valence-electron chi connectivity index (χ2n) is 4.82. The van der Waals surface area contributed by atoms with E-state index in [0.717, 1.165) is 0 Å². The Hall–Kier alpha value is -2.00. The number of benzene rings is 1. The highest BCUT2D eigenvalue weighted by Crippen LogP contribution is 2.31. The third-order valence-corrected chi connectivity index (χ3v) is 4.51. The Labute approximate surface area is 132 Å². The molecule has 9 heteroatoms. The lowest BCUT2D eigenvalue weighted by Gasteiger charge is -2.14. The van der Waals surface area contributed by atoms with Crippen LogP contribution in [-0.2, 0) is 14.8 Å². The summed E-state index contributed by atoms with van der Waals surface area (Å²) in [7, 11) is -2.27. The molecule has 23 heavy (non-hydrogen) atoms. The lowest BCUT2D eigenvalue weighted by molar-refractivity contribution is -0.0487. The van der Waals surface area contributed by atoms with Crippen molar-refractivity contribution in [1.82, 2.24) is 4.98 Å². The van der Waals surface area contributed by atoms with Gasteiger partial charge in [0.2, 0.25) is 10.0 Å². The predicted octanol–water partition coefficient (Wildman–Crippen LogP) is 2.61. The van der Waals surface area contributed by atoms with Gasteiger partial charge < -0.3 is 9.47 Å². The average Bonchev–Trinajstić information content (AvgIpc) is 2.48. The number of fused-ring (bicyclic) bond motifs is 1. The number of rotatable bonds is 7. The minimum absolute atomic E-state index is 0.0729. The first-order valence-corrected chi connectivity index (χ1v) is 8.33. The van der Waals surface area contributed by atoms with Crippen molar-refractivity contribution in [2.24, 2.45) is 0 Å². The number of aromatic nitrogens is 1. The summed E-state index contributed by atoms with van der Waals surface area (Å²) in [5.74, 6) is -0.316. The van der Waals surface area contributed by atoms with E-state index in [4.69, 9.17) is 4.74 Å². The fourth-order valence-corrected chi connectivity index (χ4v) is 3.35. The van der Waals surface area contributed by atoms with Gasteiger partial charge in [0.15, 0.2) is 0 Å². The summed E-state index contributed by atoms with van der Waals surface area (Å²) in [5.41, 5.74) is 0.407. The first-order chi connectivity index (χ1) is 10.8. The average molecular weight is 346 g/mol. The lowest BCUT2D eigenvalue weighted by atomic mass is 10.2. The van der Waals surface area contributed by atoms with Crippen LogP contribution in [0.4, 0.5) is 14.5 Å². The van der Waals surface area contributed by atoms with Gasteiger partial charge in [0, 0.05) is 18.7 Å². The Balaban J connectivity index is 2.39. The van der Waals surface area contributed by atoms with Gasteiger partial charge in [0.25, 0.3) is 0 Å². The van der Waals surface area contributed by atoms with Crippen LogP contribution >= 0.6 is 0 Å². The highest BCUT2D eigenvalue weighted by Gasteiger charge is 2.18. The Morgan fingerprint density at radius 3 is 2.70 bits per heavy atom. The number of halogens is 2. The molecule has 0 aliphatic heterocycles. The van der Waals surface area contributed by atoms with Crippen LogP contribution in [0.1, 0.15) is 6.92 Å². The number of alkyl halides is 2. The molecule has 1 heterocycles. The minimum atomic E-state index is -3.68. The molecule has 6 nitrogen and oxygen atoms in total. The molecular weight excluding hydrogens is 330 g/mol. The summed E-state index contributed by atoms with van der Waals surface area (Å²) in [6.07, 6.45) is 0.942. The Kier molecular flexibility index (Phi) is 5.32. The predicted molar refractivity (Wildman–Crippen MR) is 82.3 cm³/mol. The summed E-state index contributed by atoms with van der Waals surface area (Å²) in [5, 5.41) is 0.285. The normalized spacial score (nSPS) is 13.3. The number of anilines is 1. The van der Waals surface area contributed by atoms with Gasteiger partial charge in [0.05, 0.1) is 23.1 Å². The van der Waals surface area contributed by atoms with Crippen molar-refractivity contribution in [3.8, 4) is 5.75 Å². The van der Waals surface area contributed by atoms with E-state index >= 15 is 0 Å². The van der Waals surface area contributed by atoms with Gasteiger partial charge >= 0.3 is 6.61 Å². The van der Waals surface area contributed by atoms with Crippen molar-refractivity contribution < 1.29 is 26.7 Å². The molecule has 0 unspecified atom stereocenters. The smallest absolute Gasteiger partial charge is 0.387 e. The van der Waals surface area contributed by atoms with Crippen molar-refractivity contribution in [2.45, 2.75) is 19.6 Å². The van der Waals surface area contributed by atoms with Crippen LogP contribution in [-0.4, -0.2) is 39.0 Å². The molecular formula is C14H16F2N2O4S. The number of hydrogen-bond acceptors (Lipinski definition) is 5. The first kappa shape index (κ1) is 17.4. The van der Waals surface area contributed by atoms with Crippen LogP contribution < -0.4 is 9.46 Å². The van der Waals surface area contributed by atoms with E-state index < -0.39 is 22.7 Å². The zero-order valence-corrected chi connectivity index (χ0v) is 13.3. The fraction of sp³-hybridized carbons (Fsp3) is 0.357. The first-order valence-electron chi connectivity index (χ1n) is 6.68. The molecule has 0 saturated carbocycles. The molecule has 0 radical (unpaired) electrons. The van der Waals surface area contributed by atoms with Crippen molar-refractivity contribution in [2.75, 3.05) is 17.6 Å². The summed E-state index contributed by atoms with van der Waals surface area (Å²) in [4.78, 5) is 4.05. The molecule has 0 aliphatic rings. The largest absolute Gasteiger partial charge is 0.434 e. The van der Waals surface area contributed by atoms with E-state index in [1.807, 2.05) is 0 Å². The van der Waals surface area contributed by atoms with Crippen LogP contribution in [0.2, 0.25) is 0 Å². The van der Waals surface area contributed by atoms with Gasteiger partial charge in [-0.2, -0.15) is 8.78 Å². The standard InChI is InChI=1S/C14H16F2N2O4S/c1-9(21-2)8-23(19,20)18-11-5-6-12(22-14(15)16)10-4-3-7-17-13(10)11/h3-7,9,14,18H,8H2,1-2H3/t9-/m1/s1. The number of hydrogen-bond donors (Lipinski definition) is 1. The minimum Gasteiger partial charge on any atom is -0.434 e. The quantitative estimate of drug-likeness (QED) is 0.834. The van der Waals surface area contributed by atoms with E-state index in [1.165, 1.54) is 31.5 Å². The van der Waals surface area contributed by atoms with Crippen molar-refractivity contribution in [3.63, 3.8) is 0 Å². The molecule has 2 rings (SSSR count). The second kappa shape index (κ2) is 7.05. The summed E-state index contributed by atoms with van der Waals surface area (Å²) in [6.45, 7) is -1.36. The topological polar surface area (TPSA) is 77.5 Å². The molecule has 0 bridgehead atoms. The maximum atomic E-state index is 12.4. The van der Waals surface area contributed by atoms with Gasteiger partial charge in [-0.15, -0.1) is 0 Å². The van der Waals surface area contributed by atoms with E-state index in [1.54, 1.807) is 13.0 Å². The second-order valence-corrected chi connectivity index (χ2v) is 6.59. The van der Waals surface area contributed by atoms with E-state index in [0.29, 0.717) is 0 Å². The molecule has 0 saturated heterocycles. The van der Waals surface area contributed by atoms with Crippen LogP contribution in [0.3, 0.4) is 0 Å². The molecule has 0 fully saturated rings. The van der Waals surface area contributed by atoms with Gasteiger partial charge in [0.1, 0.15) is 5.75 Å². The lowest BCUT2D eigenvalue weighted by Crippen LogP contribution is -2.25. The Morgan fingerprint density at radius 2 is 2.04 bits per heavy atom. The molecule has 2 aromatic rings. The monoisotopic (exact) mass is 346 g/mol. The summed E-state index contributed by atoms with van der Waals surface area (Å²) < 4.78 is 60.8. The van der Waals surface area contributed by atoms with Gasteiger partial charge in [-0.25, -0.2) is 8.42 Å². The van der Waals surface area contributed by atoms with Crippen LogP contribution in [0, 0.1) is 0 Å². The van der Waals surface area contributed by atoms with Crippen molar-refractivity contribution >= 4 is 26.6 Å². The fourth-order valence-electron chi connectivity index (χ4n) is 2.01. The Bertz CT molecular complexity index is 783. The van der Waals surface area contributed by atoms with Crippen LogP contribution in [0.25, 0.3) is 10.9 Å². The van der Waals surface area contributed by atoms with Crippen LogP contribution in [0.15, 0.2) is 30.5 Å². The van der Waals surface area contributed by atoms with Gasteiger partial charge in [-0.3, -0.25) is 9.71 Å². The van der Waals surface area contributed by atoms with E-state index in [-0.39, 0.29) is 28.1 Å². The highest BCUT2D eigenvalue weighted by molar-refractivity contribution is 7.92. The Morgan fingerprint density at radius 1 is 1.30 bits per heavy atom. The number of ether oxygens (including phenoxy) is 2. The summed E-state index contributed by atoms with van der Waals surface area (Å²) in [6, 6.07) is 5.68. The molecule has 1 aromatic carbocycles. The highest BCUT2D eigenvalue weighted by atomic mass is 32.2. The van der Waals surface area contributed by atoms with Crippen molar-refractivity contribution in [3.05, 3.63) is 30.5 Å². The molecule has 1 N–H and O–H groups in total. The zero-order chi connectivity index (χ0) is 17.0. The molecule has 1 atom stereocenters. The number of nitrogens with zero attached hydrogens (tertiary/aromatic N) is 1. The molecule has 0 amide bonds. The number of nitrogens with one attached hydrogen (secondary N) is 1. The van der Waals surface area contributed by atoms with Gasteiger partial charge in [-0.1, -0.05) is 0 Å². The SMILES string of the molecule is CO[C@H](C)CS(=O)(=O)Nc1ccc(OC(F)F)c2cccnc12. The maximum Gasteiger partial charge on any atom is 0.387 e. The molecule has 126 valence electrons. The maximum absolute atomic E-state index is 12.4. The third-order valence-electron chi connectivity index (χ3n) is 3.07. The number of sulfonamides is 1. The molecule has 0 spiro atoms. The number of methoxy groups -OCH3 is 1. The zero-order valence-electron chi connectivity index (χ0n) is 12.5. The summed E-state index contributed by atoms with van der Waals surface area (Å²) >= 11 is 0. The molecule has 1 aromatic heterocycles. The van der Waals surface area contributed by atoms with E-state index in [2.05, 4.69) is 14.4 Å². The number of pyridine rings is 1. The molecule has 0 aliphatic carbocycles. The van der Waals surface area contributed by atoms with Crippen molar-refractivity contribution in [1.29, 1.82) is 0 Å². The van der Waals surface area contributed by atoms with E-state index in [9.17, 15) is 17.2 Å². The van der Waals surface area contributed by atoms with Gasteiger partial charge in [-0.05, 0) is 31.2 Å². The third kappa shape index (κ3) is 4.49.